The van der Waals surface area contributed by atoms with E-state index < -0.39 is 6.10 Å². The Kier molecular flexibility index (Phi) is 5.76. The molecule has 0 saturated carbocycles. The SMILES string of the molecule is OC(CNCc1ccc(Br)cc1F)CN1CCCC1. The second-order valence-corrected chi connectivity index (χ2v) is 5.94. The number of hydrogen-bond donors (Lipinski definition) is 2. The summed E-state index contributed by atoms with van der Waals surface area (Å²) >= 11 is 3.23. The minimum atomic E-state index is -0.392. The zero-order valence-electron chi connectivity index (χ0n) is 10.9. The van der Waals surface area contributed by atoms with Crippen molar-refractivity contribution in [3.05, 3.63) is 34.1 Å². The lowest BCUT2D eigenvalue weighted by Gasteiger charge is -2.19. The molecular formula is C14H20BrFN2O. The number of β-amino-alcohol motifs (C(OH)–C–C–N with tert-alkyl or cyclic N) is 1. The van der Waals surface area contributed by atoms with Crippen LogP contribution in [0.3, 0.4) is 0 Å². The highest BCUT2D eigenvalue weighted by Crippen LogP contribution is 2.15. The molecular weight excluding hydrogens is 311 g/mol. The molecule has 3 nitrogen and oxygen atoms in total. The Hall–Kier alpha value is -0.490. The molecule has 1 aromatic carbocycles. The maximum Gasteiger partial charge on any atom is 0.128 e. The molecule has 1 heterocycles. The number of aliphatic hydroxyl groups excluding tert-OH is 1. The fraction of sp³-hybridized carbons (Fsp3) is 0.571. The maximum atomic E-state index is 13.6. The van der Waals surface area contributed by atoms with E-state index in [0.717, 1.165) is 17.6 Å². The van der Waals surface area contributed by atoms with Gasteiger partial charge in [0.2, 0.25) is 0 Å². The van der Waals surface area contributed by atoms with Gasteiger partial charge in [-0.25, -0.2) is 4.39 Å². The lowest BCUT2D eigenvalue weighted by Crippen LogP contribution is -2.36. The summed E-state index contributed by atoms with van der Waals surface area (Å²) in [4.78, 5) is 2.27. The molecule has 2 rings (SSSR count). The second kappa shape index (κ2) is 7.33. The number of nitrogens with zero attached hydrogens (tertiary/aromatic N) is 1. The second-order valence-electron chi connectivity index (χ2n) is 5.03. The van der Waals surface area contributed by atoms with Crippen LogP contribution in [0.15, 0.2) is 22.7 Å². The highest BCUT2D eigenvalue weighted by molar-refractivity contribution is 9.10. The quantitative estimate of drug-likeness (QED) is 0.838. The van der Waals surface area contributed by atoms with Crippen molar-refractivity contribution in [1.82, 2.24) is 10.2 Å². The third kappa shape index (κ3) is 4.84. The fourth-order valence-electron chi connectivity index (χ4n) is 2.37. The third-order valence-corrected chi connectivity index (χ3v) is 3.87. The molecule has 0 spiro atoms. The maximum absolute atomic E-state index is 13.6. The van der Waals surface area contributed by atoms with E-state index in [1.54, 1.807) is 6.07 Å². The van der Waals surface area contributed by atoms with Crippen molar-refractivity contribution in [2.75, 3.05) is 26.2 Å². The molecule has 0 radical (unpaired) electrons. The van der Waals surface area contributed by atoms with Crippen molar-refractivity contribution < 1.29 is 9.50 Å². The van der Waals surface area contributed by atoms with E-state index in [2.05, 4.69) is 26.1 Å². The summed E-state index contributed by atoms with van der Waals surface area (Å²) in [6.45, 7) is 3.80. The van der Waals surface area contributed by atoms with Gasteiger partial charge in [0, 0.05) is 29.7 Å². The van der Waals surface area contributed by atoms with Gasteiger partial charge in [-0.3, -0.25) is 0 Å². The van der Waals surface area contributed by atoms with Gasteiger partial charge < -0.3 is 15.3 Å². The van der Waals surface area contributed by atoms with E-state index in [0.29, 0.717) is 25.2 Å². The van der Waals surface area contributed by atoms with Crippen LogP contribution in [0.25, 0.3) is 0 Å². The van der Waals surface area contributed by atoms with Crippen molar-refractivity contribution in [2.24, 2.45) is 0 Å². The highest BCUT2D eigenvalue weighted by atomic mass is 79.9. The average Bonchev–Trinajstić information content (AvgIpc) is 2.84. The number of halogens is 2. The average molecular weight is 331 g/mol. The number of hydrogen-bond acceptors (Lipinski definition) is 3. The number of aliphatic hydroxyl groups is 1. The Balaban J connectivity index is 1.70. The number of likely N-dealkylation sites (tertiary alicyclic amines) is 1. The Morgan fingerprint density at radius 3 is 2.79 bits per heavy atom. The molecule has 106 valence electrons. The molecule has 1 aromatic rings. The molecule has 1 atom stereocenters. The van der Waals surface area contributed by atoms with Crippen LogP contribution >= 0.6 is 15.9 Å². The summed E-state index contributed by atoms with van der Waals surface area (Å²) in [5.41, 5.74) is 0.622. The van der Waals surface area contributed by atoms with Gasteiger partial charge in [-0.15, -0.1) is 0 Å². The summed E-state index contributed by atoms with van der Waals surface area (Å²) < 4.78 is 14.3. The first-order chi connectivity index (χ1) is 9.15. The Bertz CT molecular complexity index is 410. The summed E-state index contributed by atoms with van der Waals surface area (Å²) in [6.07, 6.45) is 2.06. The predicted octanol–water partition coefficient (Wildman–Crippen LogP) is 2.13. The zero-order chi connectivity index (χ0) is 13.7. The number of rotatable bonds is 6. The first-order valence-corrected chi connectivity index (χ1v) is 7.49. The minimum Gasteiger partial charge on any atom is -0.390 e. The molecule has 1 aliphatic heterocycles. The van der Waals surface area contributed by atoms with Crippen LogP contribution in [0.1, 0.15) is 18.4 Å². The van der Waals surface area contributed by atoms with E-state index in [-0.39, 0.29) is 5.82 Å². The standard InChI is InChI=1S/C14H20BrFN2O/c15-12-4-3-11(14(16)7-12)8-17-9-13(19)10-18-5-1-2-6-18/h3-4,7,13,17,19H,1-2,5-6,8-10H2. The van der Waals surface area contributed by atoms with Crippen LogP contribution in [0.2, 0.25) is 0 Å². The normalized spacial score (nSPS) is 17.8. The summed E-state index contributed by atoms with van der Waals surface area (Å²) in [5, 5.41) is 13.0. The van der Waals surface area contributed by atoms with Gasteiger partial charge in [0.15, 0.2) is 0 Å². The van der Waals surface area contributed by atoms with Crippen molar-refractivity contribution in [3.8, 4) is 0 Å². The van der Waals surface area contributed by atoms with Gasteiger partial charge in [-0.2, -0.15) is 0 Å². The van der Waals surface area contributed by atoms with E-state index in [4.69, 9.17) is 0 Å². The third-order valence-electron chi connectivity index (χ3n) is 3.38. The zero-order valence-corrected chi connectivity index (χ0v) is 12.5. The summed E-state index contributed by atoms with van der Waals surface area (Å²) in [6, 6.07) is 5.03. The van der Waals surface area contributed by atoms with Crippen LogP contribution in [0.4, 0.5) is 4.39 Å². The van der Waals surface area contributed by atoms with Crippen molar-refractivity contribution in [3.63, 3.8) is 0 Å². The van der Waals surface area contributed by atoms with Gasteiger partial charge in [-0.1, -0.05) is 22.0 Å². The minimum absolute atomic E-state index is 0.226. The van der Waals surface area contributed by atoms with Crippen molar-refractivity contribution in [1.29, 1.82) is 0 Å². The van der Waals surface area contributed by atoms with Crippen LogP contribution < -0.4 is 5.32 Å². The van der Waals surface area contributed by atoms with E-state index in [1.807, 2.05) is 6.07 Å². The molecule has 1 unspecified atom stereocenters. The highest BCUT2D eigenvalue weighted by Gasteiger charge is 2.15. The molecule has 1 saturated heterocycles. The summed E-state index contributed by atoms with van der Waals surface area (Å²) in [7, 11) is 0. The Morgan fingerprint density at radius 1 is 1.37 bits per heavy atom. The molecule has 0 aliphatic carbocycles. The van der Waals surface area contributed by atoms with Crippen molar-refractivity contribution in [2.45, 2.75) is 25.5 Å². The lowest BCUT2D eigenvalue weighted by molar-refractivity contribution is 0.123. The first kappa shape index (κ1) is 14.9. The molecule has 0 amide bonds. The monoisotopic (exact) mass is 330 g/mol. The first-order valence-electron chi connectivity index (χ1n) is 6.70. The largest absolute Gasteiger partial charge is 0.390 e. The van der Waals surface area contributed by atoms with Crippen molar-refractivity contribution >= 4 is 15.9 Å². The topological polar surface area (TPSA) is 35.5 Å². The summed E-state index contributed by atoms with van der Waals surface area (Å²) in [5.74, 6) is -0.226. The molecule has 1 fully saturated rings. The molecule has 19 heavy (non-hydrogen) atoms. The van der Waals surface area contributed by atoms with E-state index >= 15 is 0 Å². The van der Waals surface area contributed by atoms with Gasteiger partial charge in [0.05, 0.1) is 6.10 Å². The molecule has 0 aromatic heterocycles. The van der Waals surface area contributed by atoms with Gasteiger partial charge in [-0.05, 0) is 38.1 Å². The van der Waals surface area contributed by atoms with Gasteiger partial charge >= 0.3 is 0 Å². The predicted molar refractivity (Wildman–Crippen MR) is 77.5 cm³/mol. The molecule has 1 aliphatic rings. The van der Waals surface area contributed by atoms with Crippen LogP contribution in [0.5, 0.6) is 0 Å². The Labute approximate surface area is 121 Å². The lowest BCUT2D eigenvalue weighted by atomic mass is 10.2. The molecule has 5 heteroatoms. The molecule has 0 bridgehead atoms. The Morgan fingerprint density at radius 2 is 2.11 bits per heavy atom. The molecule has 2 N–H and O–H groups in total. The van der Waals surface area contributed by atoms with Gasteiger partial charge in [0.1, 0.15) is 5.82 Å². The van der Waals surface area contributed by atoms with Gasteiger partial charge in [0.25, 0.3) is 0 Å². The smallest absolute Gasteiger partial charge is 0.128 e. The van der Waals surface area contributed by atoms with Crippen LogP contribution in [-0.2, 0) is 6.54 Å². The fourth-order valence-corrected chi connectivity index (χ4v) is 2.70. The van der Waals surface area contributed by atoms with Crippen LogP contribution in [0, 0.1) is 5.82 Å². The van der Waals surface area contributed by atoms with E-state index in [9.17, 15) is 9.50 Å². The van der Waals surface area contributed by atoms with E-state index in [1.165, 1.54) is 18.9 Å². The number of nitrogens with one attached hydrogen (secondary N) is 1. The van der Waals surface area contributed by atoms with Crippen LogP contribution in [-0.4, -0.2) is 42.3 Å². The number of benzene rings is 1.